The molecule has 0 aliphatic carbocycles. The number of ether oxygens (including phenoxy) is 1. The fourth-order valence-corrected chi connectivity index (χ4v) is 3.15. The molecule has 2 aromatic heterocycles. The van der Waals surface area contributed by atoms with Crippen molar-refractivity contribution in [3.05, 3.63) is 59.9 Å². The highest BCUT2D eigenvalue weighted by Crippen LogP contribution is 2.17. The van der Waals surface area contributed by atoms with E-state index in [1.165, 1.54) is 0 Å². The fraction of sp³-hybridized carbons (Fsp3) is 0.316. The topological polar surface area (TPSA) is 60.2 Å². The van der Waals surface area contributed by atoms with Crippen molar-refractivity contribution in [3.63, 3.8) is 0 Å². The Morgan fingerprint density at radius 2 is 2.12 bits per heavy atom. The average Bonchev–Trinajstić information content (AvgIpc) is 3.04. The smallest absolute Gasteiger partial charge is 0.255 e. The lowest BCUT2D eigenvalue weighted by Gasteiger charge is -2.31. The zero-order valence-electron chi connectivity index (χ0n) is 14.1. The molecular weight excluding hydrogens is 316 g/mol. The van der Waals surface area contributed by atoms with Crippen LogP contribution < -0.4 is 0 Å². The molecule has 6 heteroatoms. The van der Waals surface area contributed by atoms with Gasteiger partial charge in [-0.3, -0.25) is 4.79 Å². The van der Waals surface area contributed by atoms with E-state index in [9.17, 15) is 4.79 Å². The molecule has 0 N–H and O–H groups in total. The van der Waals surface area contributed by atoms with Crippen molar-refractivity contribution in [1.82, 2.24) is 19.7 Å². The van der Waals surface area contributed by atoms with Gasteiger partial charge in [-0.2, -0.15) is 5.10 Å². The van der Waals surface area contributed by atoms with E-state index in [0.717, 1.165) is 16.6 Å². The second-order valence-corrected chi connectivity index (χ2v) is 6.36. The molecule has 1 unspecified atom stereocenters. The molecule has 3 heterocycles. The summed E-state index contributed by atoms with van der Waals surface area (Å²) in [7, 11) is 0. The van der Waals surface area contributed by atoms with Crippen LogP contribution in [0, 0.1) is 0 Å². The molecule has 0 saturated carbocycles. The van der Waals surface area contributed by atoms with Gasteiger partial charge in [0, 0.05) is 24.7 Å². The number of carbonyl (C=O) groups excluding carboxylic acids is 1. The number of hydrogen-bond acceptors (Lipinski definition) is 4. The van der Waals surface area contributed by atoms with E-state index in [-0.39, 0.29) is 12.0 Å². The van der Waals surface area contributed by atoms with Gasteiger partial charge in [-0.05, 0) is 18.6 Å². The van der Waals surface area contributed by atoms with E-state index in [0.29, 0.717) is 31.8 Å². The summed E-state index contributed by atoms with van der Waals surface area (Å²) in [5, 5.41) is 5.30. The molecule has 1 amide bonds. The maximum atomic E-state index is 12.7. The van der Waals surface area contributed by atoms with Crippen LogP contribution in [0.1, 0.15) is 22.8 Å². The Morgan fingerprint density at radius 3 is 2.92 bits per heavy atom. The molecule has 3 aromatic rings. The lowest BCUT2D eigenvalue weighted by molar-refractivity contribution is -0.0124. The van der Waals surface area contributed by atoms with E-state index in [1.54, 1.807) is 12.4 Å². The standard InChI is InChI=1S/C19H20N4O2/c1-14-12-22(7-8-25-14)19(24)17-9-16-11-21-23(18(16)20-10-17)13-15-5-3-2-4-6-15/h2-6,9-11,14H,7-8,12-13H2,1H3. The average molecular weight is 336 g/mol. The number of carbonyl (C=O) groups is 1. The largest absolute Gasteiger partial charge is 0.375 e. The van der Waals surface area contributed by atoms with Crippen molar-refractivity contribution in [2.75, 3.05) is 19.7 Å². The number of benzene rings is 1. The zero-order valence-corrected chi connectivity index (χ0v) is 14.1. The summed E-state index contributed by atoms with van der Waals surface area (Å²) < 4.78 is 7.36. The molecule has 4 rings (SSSR count). The summed E-state index contributed by atoms with van der Waals surface area (Å²) in [6.07, 6.45) is 3.49. The third-order valence-electron chi connectivity index (χ3n) is 4.43. The number of aromatic nitrogens is 3. The summed E-state index contributed by atoms with van der Waals surface area (Å²) in [5.74, 6) is 0.000333. The number of amides is 1. The minimum atomic E-state index is 0.000333. The minimum absolute atomic E-state index is 0.000333. The van der Waals surface area contributed by atoms with Crippen molar-refractivity contribution >= 4 is 16.9 Å². The van der Waals surface area contributed by atoms with Crippen molar-refractivity contribution in [1.29, 1.82) is 0 Å². The monoisotopic (exact) mass is 336 g/mol. The molecule has 0 bridgehead atoms. The third kappa shape index (κ3) is 3.25. The Balaban J connectivity index is 1.58. The van der Waals surface area contributed by atoms with Crippen molar-refractivity contribution in [2.45, 2.75) is 19.6 Å². The van der Waals surface area contributed by atoms with Crippen LogP contribution >= 0.6 is 0 Å². The second kappa shape index (κ2) is 6.64. The van der Waals surface area contributed by atoms with Crippen molar-refractivity contribution in [3.8, 4) is 0 Å². The first kappa shape index (κ1) is 15.8. The summed E-state index contributed by atoms with van der Waals surface area (Å²) in [6.45, 7) is 4.45. The maximum Gasteiger partial charge on any atom is 0.255 e. The molecule has 6 nitrogen and oxygen atoms in total. The number of morpholine rings is 1. The SMILES string of the molecule is CC1CN(C(=O)c2cnc3c(cnn3Cc3ccccc3)c2)CCO1. The van der Waals surface area contributed by atoms with Gasteiger partial charge in [0.15, 0.2) is 5.65 Å². The van der Waals surface area contributed by atoms with Gasteiger partial charge in [-0.15, -0.1) is 0 Å². The fourth-order valence-electron chi connectivity index (χ4n) is 3.15. The summed E-state index contributed by atoms with van der Waals surface area (Å²) in [4.78, 5) is 19.0. The van der Waals surface area contributed by atoms with Gasteiger partial charge in [0.2, 0.25) is 0 Å². The van der Waals surface area contributed by atoms with E-state index in [4.69, 9.17) is 4.74 Å². The molecule has 1 aromatic carbocycles. The van der Waals surface area contributed by atoms with E-state index in [2.05, 4.69) is 22.2 Å². The lowest BCUT2D eigenvalue weighted by Crippen LogP contribution is -2.44. The van der Waals surface area contributed by atoms with Crippen LogP contribution in [0.5, 0.6) is 0 Å². The molecule has 0 radical (unpaired) electrons. The van der Waals surface area contributed by atoms with Gasteiger partial charge in [0.1, 0.15) is 0 Å². The Morgan fingerprint density at radius 1 is 1.28 bits per heavy atom. The highest BCUT2D eigenvalue weighted by atomic mass is 16.5. The van der Waals surface area contributed by atoms with Gasteiger partial charge < -0.3 is 9.64 Å². The van der Waals surface area contributed by atoms with Crippen LogP contribution in [0.25, 0.3) is 11.0 Å². The molecule has 1 atom stereocenters. The normalized spacial score (nSPS) is 17.8. The van der Waals surface area contributed by atoms with Gasteiger partial charge in [0.05, 0.1) is 31.0 Å². The highest BCUT2D eigenvalue weighted by Gasteiger charge is 2.23. The van der Waals surface area contributed by atoms with Gasteiger partial charge >= 0.3 is 0 Å². The molecule has 25 heavy (non-hydrogen) atoms. The first-order valence-electron chi connectivity index (χ1n) is 8.47. The van der Waals surface area contributed by atoms with Crippen LogP contribution in [0.2, 0.25) is 0 Å². The van der Waals surface area contributed by atoms with Crippen LogP contribution in [-0.2, 0) is 11.3 Å². The van der Waals surface area contributed by atoms with Crippen LogP contribution in [0.4, 0.5) is 0 Å². The minimum Gasteiger partial charge on any atom is -0.375 e. The number of hydrogen-bond donors (Lipinski definition) is 0. The van der Waals surface area contributed by atoms with E-state index < -0.39 is 0 Å². The number of pyridine rings is 1. The van der Waals surface area contributed by atoms with Gasteiger partial charge in [-0.25, -0.2) is 9.67 Å². The number of fused-ring (bicyclic) bond motifs is 1. The Labute approximate surface area is 146 Å². The quantitative estimate of drug-likeness (QED) is 0.737. The Bertz CT molecular complexity index is 891. The molecular formula is C19H20N4O2. The van der Waals surface area contributed by atoms with Crippen LogP contribution in [-0.4, -0.2) is 51.4 Å². The molecule has 1 fully saturated rings. The predicted molar refractivity (Wildman–Crippen MR) is 94.4 cm³/mol. The first-order valence-corrected chi connectivity index (χ1v) is 8.47. The summed E-state index contributed by atoms with van der Waals surface area (Å²) in [6, 6.07) is 12.0. The molecule has 128 valence electrons. The number of nitrogens with zero attached hydrogens (tertiary/aromatic N) is 4. The van der Waals surface area contributed by atoms with Crippen LogP contribution in [0.15, 0.2) is 48.8 Å². The van der Waals surface area contributed by atoms with E-state index in [1.807, 2.05) is 40.8 Å². The van der Waals surface area contributed by atoms with E-state index >= 15 is 0 Å². The Kier molecular flexibility index (Phi) is 4.19. The predicted octanol–water partition coefficient (Wildman–Crippen LogP) is 2.34. The van der Waals surface area contributed by atoms with Crippen LogP contribution in [0.3, 0.4) is 0 Å². The maximum absolute atomic E-state index is 12.7. The first-order chi connectivity index (χ1) is 12.2. The molecule has 1 saturated heterocycles. The zero-order chi connectivity index (χ0) is 17.2. The summed E-state index contributed by atoms with van der Waals surface area (Å²) >= 11 is 0. The van der Waals surface area contributed by atoms with Crippen molar-refractivity contribution < 1.29 is 9.53 Å². The van der Waals surface area contributed by atoms with Gasteiger partial charge in [-0.1, -0.05) is 30.3 Å². The third-order valence-corrected chi connectivity index (χ3v) is 4.43. The highest BCUT2D eigenvalue weighted by molar-refractivity contribution is 5.96. The molecule has 0 spiro atoms. The summed E-state index contributed by atoms with van der Waals surface area (Å²) in [5.41, 5.74) is 2.55. The number of rotatable bonds is 3. The van der Waals surface area contributed by atoms with Gasteiger partial charge in [0.25, 0.3) is 5.91 Å². The lowest BCUT2D eigenvalue weighted by atomic mass is 10.2. The second-order valence-electron chi connectivity index (χ2n) is 6.36. The Hall–Kier alpha value is -2.73. The molecule has 1 aliphatic heterocycles. The molecule has 1 aliphatic rings. The van der Waals surface area contributed by atoms with Crippen molar-refractivity contribution in [2.24, 2.45) is 0 Å².